The van der Waals surface area contributed by atoms with Crippen LogP contribution in [0.15, 0.2) is 52.6 Å². The lowest BCUT2D eigenvalue weighted by molar-refractivity contribution is -0.111. The van der Waals surface area contributed by atoms with Crippen LogP contribution >= 0.6 is 0 Å². The molecule has 0 N–H and O–H groups in total. The minimum atomic E-state index is -0.356. The lowest BCUT2D eigenvalue weighted by Gasteiger charge is -2.09. The minimum Gasteiger partial charge on any atom is -0.497 e. The molecule has 0 spiro atoms. The predicted molar refractivity (Wildman–Crippen MR) is 77.3 cm³/mol. The summed E-state index contributed by atoms with van der Waals surface area (Å²) in [6.07, 6.45) is 3.13. The molecule has 1 aliphatic carbocycles. The zero-order valence-corrected chi connectivity index (χ0v) is 11.6. The van der Waals surface area contributed by atoms with Crippen molar-refractivity contribution in [1.82, 2.24) is 0 Å². The van der Waals surface area contributed by atoms with E-state index >= 15 is 0 Å². The third kappa shape index (κ3) is 2.91. The van der Waals surface area contributed by atoms with E-state index in [1.165, 1.54) is 6.08 Å². The first kappa shape index (κ1) is 13.9. The van der Waals surface area contributed by atoms with Gasteiger partial charge in [0.15, 0.2) is 5.78 Å². The summed E-state index contributed by atoms with van der Waals surface area (Å²) in [6, 6.07) is 6.81. The Morgan fingerprint density at radius 1 is 1.15 bits per heavy atom. The van der Waals surface area contributed by atoms with E-state index in [-0.39, 0.29) is 11.7 Å². The lowest BCUT2D eigenvalue weighted by Crippen LogP contribution is -2.12. The summed E-state index contributed by atoms with van der Waals surface area (Å²) in [5.74, 6) is 0.203. The molecule has 4 heteroatoms. The zero-order valence-electron chi connectivity index (χ0n) is 11.6. The van der Waals surface area contributed by atoms with Gasteiger partial charge in [-0.15, -0.1) is 0 Å². The fourth-order valence-electron chi connectivity index (χ4n) is 1.82. The standard InChI is InChI=1S/C16H15NO3/c1-10-8-15(18)11(2)7-14(10)17-16(19)12-5-4-6-13(9-12)20-3/h4-9H,1-3H3. The molecule has 1 aromatic carbocycles. The highest BCUT2D eigenvalue weighted by atomic mass is 16.5. The smallest absolute Gasteiger partial charge is 0.277 e. The van der Waals surface area contributed by atoms with Gasteiger partial charge in [-0.25, -0.2) is 4.99 Å². The molecule has 102 valence electrons. The summed E-state index contributed by atoms with van der Waals surface area (Å²) in [4.78, 5) is 27.7. The first-order valence-electron chi connectivity index (χ1n) is 6.19. The fourth-order valence-corrected chi connectivity index (χ4v) is 1.82. The molecule has 0 unspecified atom stereocenters. The number of amides is 1. The lowest BCUT2D eigenvalue weighted by atomic mass is 9.98. The maximum absolute atomic E-state index is 12.1. The predicted octanol–water partition coefficient (Wildman–Crippen LogP) is 2.75. The van der Waals surface area contributed by atoms with Crippen LogP contribution in [0.5, 0.6) is 5.75 Å². The Morgan fingerprint density at radius 2 is 1.90 bits per heavy atom. The second kappa shape index (κ2) is 5.65. The van der Waals surface area contributed by atoms with Crippen molar-refractivity contribution in [2.75, 3.05) is 7.11 Å². The van der Waals surface area contributed by atoms with Crippen molar-refractivity contribution >= 4 is 17.4 Å². The van der Waals surface area contributed by atoms with Gasteiger partial charge in [-0.05, 0) is 55.3 Å². The minimum absolute atomic E-state index is 0.0460. The van der Waals surface area contributed by atoms with Gasteiger partial charge in [-0.1, -0.05) is 6.07 Å². The molecule has 4 nitrogen and oxygen atoms in total. The molecule has 0 heterocycles. The van der Waals surface area contributed by atoms with Crippen LogP contribution in [0.3, 0.4) is 0 Å². The van der Waals surface area contributed by atoms with Crippen LogP contribution in [0.25, 0.3) is 0 Å². The molecule has 1 aromatic rings. The van der Waals surface area contributed by atoms with Crippen molar-refractivity contribution in [1.29, 1.82) is 0 Å². The molecule has 0 bridgehead atoms. The Kier molecular flexibility index (Phi) is 3.94. The second-order valence-electron chi connectivity index (χ2n) is 4.55. The monoisotopic (exact) mass is 269 g/mol. The van der Waals surface area contributed by atoms with E-state index in [1.54, 1.807) is 51.3 Å². The summed E-state index contributed by atoms with van der Waals surface area (Å²) in [7, 11) is 1.54. The molecule has 0 aliphatic heterocycles. The average molecular weight is 269 g/mol. The number of rotatable bonds is 2. The molecule has 0 saturated carbocycles. The van der Waals surface area contributed by atoms with Gasteiger partial charge in [0.05, 0.1) is 12.8 Å². The highest BCUT2D eigenvalue weighted by Crippen LogP contribution is 2.16. The topological polar surface area (TPSA) is 55.7 Å². The number of ketones is 1. The van der Waals surface area contributed by atoms with Gasteiger partial charge in [0.2, 0.25) is 0 Å². The molecule has 0 aromatic heterocycles. The van der Waals surface area contributed by atoms with Crippen LogP contribution in [0.2, 0.25) is 0 Å². The van der Waals surface area contributed by atoms with E-state index < -0.39 is 0 Å². The van der Waals surface area contributed by atoms with Gasteiger partial charge in [-0.3, -0.25) is 9.59 Å². The van der Waals surface area contributed by atoms with E-state index in [0.717, 1.165) is 0 Å². The van der Waals surface area contributed by atoms with Gasteiger partial charge in [0, 0.05) is 5.56 Å². The molecule has 0 atom stereocenters. The Balaban J connectivity index is 2.33. The third-order valence-electron chi connectivity index (χ3n) is 3.03. The van der Waals surface area contributed by atoms with E-state index in [0.29, 0.717) is 28.2 Å². The van der Waals surface area contributed by atoms with Crippen molar-refractivity contribution in [3.8, 4) is 5.75 Å². The molecule has 2 rings (SSSR count). The number of carbonyl (C=O) groups excluding carboxylic acids is 2. The first-order chi connectivity index (χ1) is 9.51. The molecular weight excluding hydrogens is 254 g/mol. The SMILES string of the molecule is COc1cccc(C(=O)N=C2C=C(C)C(=O)C=C2C)c1. The number of nitrogens with zero attached hydrogens (tertiary/aromatic N) is 1. The normalized spacial score (nSPS) is 16.8. The molecule has 0 saturated heterocycles. The van der Waals surface area contributed by atoms with E-state index in [4.69, 9.17) is 4.74 Å². The van der Waals surface area contributed by atoms with E-state index in [2.05, 4.69) is 4.99 Å². The van der Waals surface area contributed by atoms with Gasteiger partial charge in [0.25, 0.3) is 5.91 Å². The van der Waals surface area contributed by atoms with Gasteiger partial charge >= 0.3 is 0 Å². The van der Waals surface area contributed by atoms with Crippen molar-refractivity contribution in [3.05, 3.63) is 53.1 Å². The first-order valence-corrected chi connectivity index (χ1v) is 6.19. The summed E-state index contributed by atoms with van der Waals surface area (Å²) in [6.45, 7) is 3.47. The van der Waals surface area contributed by atoms with Crippen molar-refractivity contribution in [2.45, 2.75) is 13.8 Å². The number of methoxy groups -OCH3 is 1. The van der Waals surface area contributed by atoms with E-state index in [9.17, 15) is 9.59 Å². The van der Waals surface area contributed by atoms with Crippen molar-refractivity contribution in [3.63, 3.8) is 0 Å². The zero-order chi connectivity index (χ0) is 14.7. The Hall–Kier alpha value is -2.49. The third-order valence-corrected chi connectivity index (χ3v) is 3.03. The number of ether oxygens (including phenoxy) is 1. The molecule has 20 heavy (non-hydrogen) atoms. The summed E-state index contributed by atoms with van der Waals surface area (Å²) in [5, 5.41) is 0. The number of hydrogen-bond acceptors (Lipinski definition) is 3. The van der Waals surface area contributed by atoms with Crippen LogP contribution in [-0.2, 0) is 4.79 Å². The highest BCUT2D eigenvalue weighted by Gasteiger charge is 2.14. The van der Waals surface area contributed by atoms with Crippen molar-refractivity contribution in [2.24, 2.45) is 4.99 Å². The van der Waals surface area contributed by atoms with Gasteiger partial charge < -0.3 is 4.74 Å². The van der Waals surface area contributed by atoms with Crippen LogP contribution in [0.1, 0.15) is 24.2 Å². The number of carbonyl (C=O) groups is 2. The summed E-state index contributed by atoms with van der Waals surface area (Å²) in [5.41, 5.74) is 2.24. The Bertz CT molecular complexity index is 666. The number of hydrogen-bond donors (Lipinski definition) is 0. The van der Waals surface area contributed by atoms with Crippen LogP contribution in [-0.4, -0.2) is 24.5 Å². The number of benzene rings is 1. The second-order valence-corrected chi connectivity index (χ2v) is 4.55. The summed E-state index contributed by atoms with van der Waals surface area (Å²) < 4.78 is 5.08. The maximum atomic E-state index is 12.1. The average Bonchev–Trinajstić information content (AvgIpc) is 2.44. The highest BCUT2D eigenvalue weighted by molar-refractivity contribution is 6.24. The molecule has 0 radical (unpaired) electrons. The largest absolute Gasteiger partial charge is 0.497 e. The molecule has 0 fully saturated rings. The molecule has 1 aliphatic rings. The van der Waals surface area contributed by atoms with Crippen molar-refractivity contribution < 1.29 is 14.3 Å². The van der Waals surface area contributed by atoms with E-state index in [1.807, 2.05) is 0 Å². The quantitative estimate of drug-likeness (QED) is 0.776. The Labute approximate surface area is 117 Å². The fraction of sp³-hybridized carbons (Fsp3) is 0.188. The number of aliphatic imine (C=N–C) groups is 1. The van der Waals surface area contributed by atoms with Gasteiger partial charge in [0.1, 0.15) is 5.75 Å². The maximum Gasteiger partial charge on any atom is 0.277 e. The van der Waals surface area contributed by atoms with Crippen LogP contribution in [0.4, 0.5) is 0 Å². The molecular formula is C16H15NO3. The van der Waals surface area contributed by atoms with Crippen LogP contribution in [0, 0.1) is 0 Å². The van der Waals surface area contributed by atoms with Crippen LogP contribution < -0.4 is 4.74 Å². The van der Waals surface area contributed by atoms with Gasteiger partial charge in [-0.2, -0.15) is 0 Å². The Morgan fingerprint density at radius 3 is 2.60 bits per heavy atom. The molecule has 1 amide bonds. The summed E-state index contributed by atoms with van der Waals surface area (Å²) >= 11 is 0. The number of allylic oxidation sites excluding steroid dienone is 4.